The molecule has 0 aliphatic heterocycles. The second-order valence-electron chi connectivity index (χ2n) is 15.3. The van der Waals surface area contributed by atoms with Crippen LogP contribution < -0.4 is 0 Å². The van der Waals surface area contributed by atoms with E-state index in [0.29, 0.717) is 45.8 Å². The van der Waals surface area contributed by atoms with Crippen LogP contribution in [-0.4, -0.2) is 21.9 Å². The first kappa shape index (κ1) is 26.0. The van der Waals surface area contributed by atoms with E-state index in [0.717, 1.165) is 25.2 Å². The molecule has 0 spiro atoms. The second-order valence-corrected chi connectivity index (χ2v) is 15.3. The van der Waals surface area contributed by atoms with Crippen molar-refractivity contribution in [3.63, 3.8) is 0 Å². The van der Waals surface area contributed by atoms with Crippen molar-refractivity contribution in [2.45, 2.75) is 138 Å². The van der Waals surface area contributed by atoms with Gasteiger partial charge >= 0.3 is 0 Å². The molecule has 4 aliphatic rings. The molecule has 0 aromatic carbocycles. The summed E-state index contributed by atoms with van der Waals surface area (Å²) < 4.78 is 0. The minimum absolute atomic E-state index is 0.0288. The first-order valence-corrected chi connectivity index (χ1v) is 14.5. The Balaban J connectivity index is 1.59. The first-order valence-electron chi connectivity index (χ1n) is 14.5. The van der Waals surface area contributed by atoms with E-state index in [1.807, 2.05) is 0 Å². The van der Waals surface area contributed by atoms with Crippen LogP contribution in [0.25, 0.3) is 0 Å². The predicted molar refractivity (Wildman–Crippen MR) is 139 cm³/mol. The minimum Gasteiger partial charge on any atom is -0.393 e. The monoisotopic (exact) mass is 460 g/mol. The number of fused-ring (bicyclic) bond motifs is 5. The number of hydrogen-bond donors (Lipinski definition) is 2. The SMILES string of the molecule is CC(C)[C@H](C)CC[C@@](C)(O)[C@H]1CC[C@]2(C)[C@@H]1CC[C@@H]1[C@@]3(C)CC[C@H](O)C(C)(C)[C@H]3CC[C@]12C. The minimum atomic E-state index is -0.535. The van der Waals surface area contributed by atoms with Crippen molar-refractivity contribution in [2.75, 3.05) is 0 Å². The Labute approximate surface area is 205 Å². The van der Waals surface area contributed by atoms with Gasteiger partial charge in [-0.1, -0.05) is 55.4 Å². The van der Waals surface area contributed by atoms with Crippen LogP contribution in [0.1, 0.15) is 127 Å². The summed E-state index contributed by atoms with van der Waals surface area (Å²) >= 11 is 0. The lowest BCUT2D eigenvalue weighted by molar-refractivity contribution is -0.225. The molecule has 4 fully saturated rings. The van der Waals surface area contributed by atoms with Crippen molar-refractivity contribution in [1.29, 1.82) is 0 Å². The number of aliphatic hydroxyl groups is 2. The maximum absolute atomic E-state index is 11.8. The average molecular weight is 461 g/mol. The molecular formula is C31H56O2. The van der Waals surface area contributed by atoms with Gasteiger partial charge in [0.05, 0.1) is 11.7 Å². The lowest BCUT2D eigenvalue weighted by atomic mass is 9.35. The van der Waals surface area contributed by atoms with Crippen molar-refractivity contribution in [1.82, 2.24) is 0 Å². The molecular weight excluding hydrogens is 404 g/mol. The van der Waals surface area contributed by atoms with Gasteiger partial charge in [0.1, 0.15) is 0 Å². The standard InChI is InChI=1S/C31H56O2/c1-20(2)21(3)12-19-31(9,33)23-13-17-29(7)22(23)10-11-25-28(6)16-15-26(32)27(4,5)24(28)14-18-30(25,29)8/h20-26,32-33H,10-19H2,1-9H3/t21-,22-,23+,24-,25-,26+,28+,29-,30-,31-/m1/s1. The summed E-state index contributed by atoms with van der Waals surface area (Å²) in [4.78, 5) is 0. The van der Waals surface area contributed by atoms with Gasteiger partial charge in [0.15, 0.2) is 0 Å². The van der Waals surface area contributed by atoms with Crippen LogP contribution in [0.2, 0.25) is 0 Å². The summed E-state index contributed by atoms with van der Waals surface area (Å²) in [5, 5.41) is 22.7. The quantitative estimate of drug-likeness (QED) is 0.438. The zero-order valence-electron chi connectivity index (χ0n) is 23.5. The Morgan fingerprint density at radius 1 is 0.818 bits per heavy atom. The molecule has 4 aliphatic carbocycles. The molecule has 33 heavy (non-hydrogen) atoms. The Kier molecular flexibility index (Phi) is 6.48. The Bertz CT molecular complexity index is 724. The van der Waals surface area contributed by atoms with Gasteiger partial charge in [-0.15, -0.1) is 0 Å². The van der Waals surface area contributed by atoms with Crippen molar-refractivity contribution < 1.29 is 10.2 Å². The maximum Gasteiger partial charge on any atom is 0.0650 e. The van der Waals surface area contributed by atoms with Crippen LogP contribution in [0.15, 0.2) is 0 Å². The fourth-order valence-electron chi connectivity index (χ4n) is 10.5. The molecule has 2 nitrogen and oxygen atoms in total. The van der Waals surface area contributed by atoms with E-state index in [-0.39, 0.29) is 11.5 Å². The van der Waals surface area contributed by atoms with Gasteiger partial charge in [-0.3, -0.25) is 0 Å². The van der Waals surface area contributed by atoms with Crippen LogP contribution in [0.5, 0.6) is 0 Å². The molecule has 2 heteroatoms. The molecule has 0 saturated heterocycles. The third-order valence-corrected chi connectivity index (χ3v) is 13.4. The van der Waals surface area contributed by atoms with Gasteiger partial charge in [0, 0.05) is 0 Å². The summed E-state index contributed by atoms with van der Waals surface area (Å²) in [6, 6.07) is 0. The molecule has 0 aromatic heterocycles. The zero-order valence-corrected chi connectivity index (χ0v) is 23.5. The third-order valence-electron chi connectivity index (χ3n) is 13.4. The smallest absolute Gasteiger partial charge is 0.0650 e. The van der Waals surface area contributed by atoms with E-state index in [9.17, 15) is 10.2 Å². The molecule has 0 unspecified atom stereocenters. The molecule has 0 bridgehead atoms. The van der Waals surface area contributed by atoms with E-state index < -0.39 is 5.60 Å². The summed E-state index contributed by atoms with van der Waals surface area (Å²) in [6.07, 6.45) is 11.8. The number of aliphatic hydroxyl groups excluding tert-OH is 1. The van der Waals surface area contributed by atoms with Crippen molar-refractivity contribution in [3.05, 3.63) is 0 Å². The Hall–Kier alpha value is -0.0800. The van der Waals surface area contributed by atoms with Gasteiger partial charge < -0.3 is 10.2 Å². The van der Waals surface area contributed by atoms with E-state index in [1.165, 1.54) is 44.9 Å². The van der Waals surface area contributed by atoms with E-state index >= 15 is 0 Å². The second kappa shape index (κ2) is 8.22. The number of rotatable bonds is 5. The predicted octanol–water partition coefficient (Wildman–Crippen LogP) is 7.86. The Morgan fingerprint density at radius 2 is 1.45 bits per heavy atom. The fourth-order valence-corrected chi connectivity index (χ4v) is 10.5. The molecule has 0 radical (unpaired) electrons. The lowest BCUT2D eigenvalue weighted by Crippen LogP contribution is -2.64. The fraction of sp³-hybridized carbons (Fsp3) is 1.00. The van der Waals surface area contributed by atoms with Crippen LogP contribution in [0.4, 0.5) is 0 Å². The first-order chi connectivity index (χ1) is 15.1. The van der Waals surface area contributed by atoms with E-state index in [2.05, 4.69) is 62.3 Å². The normalized spacial score (nSPS) is 49.6. The topological polar surface area (TPSA) is 40.5 Å². The van der Waals surface area contributed by atoms with Crippen molar-refractivity contribution in [3.8, 4) is 0 Å². The van der Waals surface area contributed by atoms with Gasteiger partial charge in [0.25, 0.3) is 0 Å². The molecule has 4 saturated carbocycles. The summed E-state index contributed by atoms with van der Waals surface area (Å²) in [7, 11) is 0. The Morgan fingerprint density at radius 3 is 2.09 bits per heavy atom. The van der Waals surface area contributed by atoms with Crippen LogP contribution >= 0.6 is 0 Å². The molecule has 2 N–H and O–H groups in total. The molecule has 10 atom stereocenters. The van der Waals surface area contributed by atoms with Gasteiger partial charge in [-0.25, -0.2) is 0 Å². The molecule has 192 valence electrons. The molecule has 0 amide bonds. The molecule has 0 heterocycles. The largest absolute Gasteiger partial charge is 0.393 e. The van der Waals surface area contributed by atoms with Crippen molar-refractivity contribution >= 4 is 0 Å². The van der Waals surface area contributed by atoms with Crippen LogP contribution in [-0.2, 0) is 0 Å². The summed E-state index contributed by atoms with van der Waals surface area (Å²) in [5.41, 5.74) is 0.531. The van der Waals surface area contributed by atoms with Gasteiger partial charge in [-0.05, 0) is 128 Å². The van der Waals surface area contributed by atoms with Crippen LogP contribution in [0.3, 0.4) is 0 Å². The third kappa shape index (κ3) is 3.70. The van der Waals surface area contributed by atoms with E-state index in [4.69, 9.17) is 0 Å². The van der Waals surface area contributed by atoms with Crippen LogP contribution in [0, 0.1) is 57.2 Å². The molecule has 4 rings (SSSR count). The highest BCUT2D eigenvalue weighted by molar-refractivity contribution is 5.18. The zero-order chi connectivity index (χ0) is 24.6. The summed E-state index contributed by atoms with van der Waals surface area (Å²) in [6.45, 7) is 21.7. The highest BCUT2D eigenvalue weighted by Gasteiger charge is 2.69. The highest BCUT2D eigenvalue weighted by atomic mass is 16.3. The van der Waals surface area contributed by atoms with Crippen molar-refractivity contribution in [2.24, 2.45) is 57.2 Å². The average Bonchev–Trinajstić information content (AvgIpc) is 3.08. The summed E-state index contributed by atoms with van der Waals surface area (Å²) in [5.74, 6) is 3.86. The lowest BCUT2D eigenvalue weighted by Gasteiger charge is -2.70. The molecule has 0 aromatic rings. The number of hydrogen-bond acceptors (Lipinski definition) is 2. The van der Waals surface area contributed by atoms with E-state index in [1.54, 1.807) is 0 Å². The highest BCUT2D eigenvalue weighted by Crippen LogP contribution is 2.75. The maximum atomic E-state index is 11.8. The van der Waals surface area contributed by atoms with Gasteiger partial charge in [0.2, 0.25) is 0 Å². The van der Waals surface area contributed by atoms with Gasteiger partial charge in [-0.2, -0.15) is 0 Å².